The van der Waals surface area contributed by atoms with Gasteiger partial charge in [0, 0.05) is 37.1 Å². The second kappa shape index (κ2) is 11.6. The highest BCUT2D eigenvalue weighted by Crippen LogP contribution is 2.40. The molecule has 190 valence electrons. The molecule has 9 heteroatoms. The van der Waals surface area contributed by atoms with Gasteiger partial charge in [-0.25, -0.2) is 4.98 Å². The highest BCUT2D eigenvalue weighted by atomic mass is 16.5. The first-order chi connectivity index (χ1) is 17.5. The lowest BCUT2D eigenvalue weighted by atomic mass is 9.96. The predicted molar refractivity (Wildman–Crippen MR) is 139 cm³/mol. The van der Waals surface area contributed by atoms with Crippen molar-refractivity contribution in [1.29, 1.82) is 0 Å². The number of hydrogen-bond acceptors (Lipinski definition) is 8. The van der Waals surface area contributed by atoms with Crippen LogP contribution in [0.15, 0.2) is 54.7 Å². The van der Waals surface area contributed by atoms with Crippen molar-refractivity contribution in [2.45, 2.75) is 25.8 Å². The Hall–Kier alpha value is -4.01. The van der Waals surface area contributed by atoms with Crippen molar-refractivity contribution in [2.75, 3.05) is 44.6 Å². The molecule has 2 heterocycles. The number of rotatable bonds is 9. The summed E-state index contributed by atoms with van der Waals surface area (Å²) >= 11 is 0. The van der Waals surface area contributed by atoms with E-state index in [0.717, 1.165) is 30.8 Å². The maximum Gasteiger partial charge on any atom is 0.229 e. The van der Waals surface area contributed by atoms with E-state index in [1.54, 1.807) is 39.7 Å². The number of carbonyl (C=O) groups is 1. The van der Waals surface area contributed by atoms with Crippen molar-refractivity contribution < 1.29 is 19.0 Å². The summed E-state index contributed by atoms with van der Waals surface area (Å²) in [4.78, 5) is 24.2. The lowest BCUT2D eigenvalue weighted by Gasteiger charge is -2.33. The van der Waals surface area contributed by atoms with Gasteiger partial charge in [0.1, 0.15) is 5.82 Å². The Kier molecular flexibility index (Phi) is 8.10. The van der Waals surface area contributed by atoms with Crippen molar-refractivity contribution in [1.82, 2.24) is 15.3 Å². The molecule has 1 amide bonds. The van der Waals surface area contributed by atoms with E-state index in [0.29, 0.717) is 35.4 Å². The average molecular weight is 492 g/mol. The largest absolute Gasteiger partial charge is 0.493 e. The molecule has 1 aromatic heterocycles. The van der Waals surface area contributed by atoms with E-state index < -0.39 is 0 Å². The molecule has 9 nitrogen and oxygen atoms in total. The summed E-state index contributed by atoms with van der Waals surface area (Å²) in [7, 11) is 4.71. The van der Waals surface area contributed by atoms with Crippen LogP contribution in [0.5, 0.6) is 17.2 Å². The lowest BCUT2D eigenvalue weighted by molar-refractivity contribution is -0.125. The predicted octanol–water partition coefficient (Wildman–Crippen LogP) is 4.34. The van der Waals surface area contributed by atoms with Gasteiger partial charge < -0.3 is 29.7 Å². The van der Waals surface area contributed by atoms with Gasteiger partial charge in [-0.2, -0.15) is 4.98 Å². The normalized spacial score (nSPS) is 16.1. The maximum absolute atomic E-state index is 13.0. The van der Waals surface area contributed by atoms with Crippen LogP contribution in [0.4, 0.5) is 17.5 Å². The molecule has 0 spiro atoms. The number of benzene rings is 2. The van der Waals surface area contributed by atoms with Gasteiger partial charge in [0.2, 0.25) is 17.6 Å². The fourth-order valence-electron chi connectivity index (χ4n) is 4.42. The van der Waals surface area contributed by atoms with Gasteiger partial charge in [0.15, 0.2) is 11.5 Å². The van der Waals surface area contributed by atoms with Crippen molar-refractivity contribution in [3.63, 3.8) is 0 Å². The van der Waals surface area contributed by atoms with E-state index in [1.807, 2.05) is 43.3 Å². The van der Waals surface area contributed by atoms with Crippen LogP contribution in [0.2, 0.25) is 0 Å². The molecule has 3 aromatic rings. The molecule has 4 rings (SSSR count). The molecule has 1 saturated heterocycles. The molecule has 0 bridgehead atoms. The summed E-state index contributed by atoms with van der Waals surface area (Å²) in [5.74, 6) is 2.75. The lowest BCUT2D eigenvalue weighted by Crippen LogP contribution is -2.44. The second-order valence-electron chi connectivity index (χ2n) is 8.70. The van der Waals surface area contributed by atoms with E-state index in [1.165, 1.54) is 0 Å². The second-order valence-corrected chi connectivity index (χ2v) is 8.70. The molecule has 1 fully saturated rings. The van der Waals surface area contributed by atoms with Crippen LogP contribution in [-0.4, -0.2) is 50.3 Å². The van der Waals surface area contributed by atoms with Crippen LogP contribution < -0.4 is 29.7 Å². The van der Waals surface area contributed by atoms with E-state index in [4.69, 9.17) is 19.2 Å². The van der Waals surface area contributed by atoms with E-state index in [2.05, 4.69) is 20.5 Å². The van der Waals surface area contributed by atoms with Gasteiger partial charge in [0.25, 0.3) is 0 Å². The molecule has 0 unspecified atom stereocenters. The Bertz CT molecular complexity index is 1150. The molecule has 2 atom stereocenters. The third-order valence-electron chi connectivity index (χ3n) is 6.34. The topological polar surface area (TPSA) is 97.8 Å². The standard InChI is InChI=1S/C27H33N5O4/c1-18(19-9-6-5-7-10-19)29-26(33)20-11-8-14-32(17-20)24-12-13-28-27(31-24)30-21-15-22(34-2)25(36-4)23(16-21)35-3/h5-7,9-10,12-13,15-16,18,20H,8,11,14,17H2,1-4H3,(H,29,33)(H,28,30,31)/t18-,20-/m0/s1. The van der Waals surface area contributed by atoms with Crippen LogP contribution in [-0.2, 0) is 4.79 Å². The number of methoxy groups -OCH3 is 3. The number of ether oxygens (including phenoxy) is 3. The fourth-order valence-corrected chi connectivity index (χ4v) is 4.42. The average Bonchev–Trinajstić information content (AvgIpc) is 2.93. The van der Waals surface area contributed by atoms with Gasteiger partial charge in [0.05, 0.1) is 33.3 Å². The summed E-state index contributed by atoms with van der Waals surface area (Å²) in [5.41, 5.74) is 1.80. The van der Waals surface area contributed by atoms with Crippen molar-refractivity contribution >= 4 is 23.4 Å². The van der Waals surface area contributed by atoms with Gasteiger partial charge >= 0.3 is 0 Å². The Labute approximate surface area is 211 Å². The summed E-state index contributed by atoms with van der Waals surface area (Å²) in [6, 6.07) is 15.4. The first-order valence-corrected chi connectivity index (χ1v) is 12.0. The Balaban J connectivity index is 1.45. The first kappa shape index (κ1) is 25.1. The van der Waals surface area contributed by atoms with E-state index in [-0.39, 0.29) is 17.9 Å². The minimum absolute atomic E-state index is 0.0394. The number of piperidine rings is 1. The van der Waals surface area contributed by atoms with Crippen molar-refractivity contribution in [3.05, 3.63) is 60.3 Å². The van der Waals surface area contributed by atoms with Crippen LogP contribution in [0.3, 0.4) is 0 Å². The van der Waals surface area contributed by atoms with Gasteiger partial charge in [-0.3, -0.25) is 4.79 Å². The van der Waals surface area contributed by atoms with Gasteiger partial charge in [-0.15, -0.1) is 0 Å². The molecule has 0 saturated carbocycles. The zero-order chi connectivity index (χ0) is 25.5. The Morgan fingerprint density at radius 3 is 2.44 bits per heavy atom. The van der Waals surface area contributed by atoms with Crippen LogP contribution in [0.1, 0.15) is 31.4 Å². The number of amides is 1. The first-order valence-electron chi connectivity index (χ1n) is 12.0. The Morgan fingerprint density at radius 2 is 1.78 bits per heavy atom. The third-order valence-corrected chi connectivity index (χ3v) is 6.34. The number of nitrogens with zero attached hydrogens (tertiary/aromatic N) is 3. The molecular weight excluding hydrogens is 458 g/mol. The molecule has 2 N–H and O–H groups in total. The monoisotopic (exact) mass is 491 g/mol. The molecule has 0 radical (unpaired) electrons. The highest BCUT2D eigenvalue weighted by molar-refractivity contribution is 5.80. The minimum atomic E-state index is -0.105. The highest BCUT2D eigenvalue weighted by Gasteiger charge is 2.27. The van der Waals surface area contributed by atoms with E-state index >= 15 is 0 Å². The van der Waals surface area contributed by atoms with E-state index in [9.17, 15) is 4.79 Å². The molecule has 36 heavy (non-hydrogen) atoms. The number of anilines is 3. The van der Waals surface area contributed by atoms with Crippen molar-refractivity contribution in [2.24, 2.45) is 5.92 Å². The van der Waals surface area contributed by atoms with Gasteiger partial charge in [-0.1, -0.05) is 30.3 Å². The summed E-state index contributed by atoms with van der Waals surface area (Å²) < 4.78 is 16.3. The zero-order valence-corrected chi connectivity index (χ0v) is 21.2. The summed E-state index contributed by atoms with van der Waals surface area (Å²) in [6.45, 7) is 3.45. The maximum atomic E-state index is 13.0. The van der Waals surface area contributed by atoms with Gasteiger partial charge in [-0.05, 0) is 31.4 Å². The van der Waals surface area contributed by atoms with Crippen LogP contribution >= 0.6 is 0 Å². The fraction of sp³-hybridized carbons (Fsp3) is 0.370. The van der Waals surface area contributed by atoms with Crippen molar-refractivity contribution in [3.8, 4) is 17.2 Å². The number of aromatic nitrogens is 2. The minimum Gasteiger partial charge on any atom is -0.493 e. The molecule has 1 aliphatic heterocycles. The SMILES string of the molecule is COc1cc(Nc2nccc(N3CCC[C@H](C(=O)N[C@@H](C)c4ccccc4)C3)n2)cc(OC)c1OC. The third kappa shape index (κ3) is 5.79. The molecular formula is C27H33N5O4. The number of hydrogen-bond donors (Lipinski definition) is 2. The smallest absolute Gasteiger partial charge is 0.229 e. The number of carbonyl (C=O) groups excluding carboxylic acids is 1. The zero-order valence-electron chi connectivity index (χ0n) is 21.2. The van der Waals surface area contributed by atoms with Crippen LogP contribution in [0.25, 0.3) is 0 Å². The quantitative estimate of drug-likeness (QED) is 0.456. The molecule has 1 aliphatic rings. The Morgan fingerprint density at radius 1 is 1.06 bits per heavy atom. The summed E-state index contributed by atoms with van der Waals surface area (Å²) in [5, 5.41) is 6.39. The molecule has 2 aromatic carbocycles. The van der Waals surface area contributed by atoms with Crippen LogP contribution in [0, 0.1) is 5.92 Å². The number of nitrogens with one attached hydrogen (secondary N) is 2. The summed E-state index contributed by atoms with van der Waals surface area (Å²) in [6.07, 6.45) is 3.48. The molecule has 0 aliphatic carbocycles.